The number of piperidine rings is 1. The van der Waals surface area contributed by atoms with Gasteiger partial charge in [-0.3, -0.25) is 14.2 Å². The van der Waals surface area contributed by atoms with E-state index in [-0.39, 0.29) is 17.2 Å². The van der Waals surface area contributed by atoms with Crippen molar-refractivity contribution in [3.63, 3.8) is 0 Å². The SMILES string of the molecule is CCc1cccc(C(F)F)c1F.[B]c1nc(NC)c2cc(C3(OC)CCN(C(C)=O)CC3)c(=O)n(C)c2n1. The lowest BCUT2D eigenvalue weighted by Crippen LogP contribution is -2.48. The summed E-state index contributed by atoms with van der Waals surface area (Å²) >= 11 is 0. The molecule has 2 radical (unpaired) electrons. The van der Waals surface area contributed by atoms with Crippen molar-refractivity contribution in [2.45, 2.75) is 45.1 Å². The molecule has 0 atom stereocenters. The first-order chi connectivity index (χ1) is 18.0. The Labute approximate surface area is 220 Å². The van der Waals surface area contributed by atoms with Crippen LogP contribution in [0.4, 0.5) is 19.0 Å². The van der Waals surface area contributed by atoms with Gasteiger partial charge in [0.05, 0.1) is 22.2 Å². The van der Waals surface area contributed by atoms with Gasteiger partial charge in [-0.1, -0.05) is 25.1 Å². The summed E-state index contributed by atoms with van der Waals surface area (Å²) in [6.45, 7) is 4.37. The topological polar surface area (TPSA) is 89.4 Å². The van der Waals surface area contributed by atoms with Gasteiger partial charge in [-0.2, -0.15) is 0 Å². The lowest BCUT2D eigenvalue weighted by molar-refractivity contribution is -0.135. The number of carbonyl (C=O) groups excluding carboxylic acids is 1. The number of likely N-dealkylation sites (tertiary alicyclic amines) is 1. The summed E-state index contributed by atoms with van der Waals surface area (Å²) in [6.07, 6.45) is -1.19. The number of pyridine rings is 1. The monoisotopic (exact) mass is 529 g/mol. The number of nitrogens with zero attached hydrogens (tertiary/aromatic N) is 4. The van der Waals surface area contributed by atoms with E-state index in [0.717, 1.165) is 6.07 Å². The molecule has 0 spiro atoms. The second kappa shape index (κ2) is 12.0. The Balaban J connectivity index is 0.000000279. The minimum Gasteiger partial charge on any atom is -0.373 e. The molecule has 1 aliphatic rings. The first-order valence-corrected chi connectivity index (χ1v) is 12.2. The average molecular weight is 529 g/mol. The molecule has 0 unspecified atom stereocenters. The zero-order chi connectivity index (χ0) is 28.2. The molecular formula is C26H31BF3N5O3. The molecule has 4 rings (SSSR count). The van der Waals surface area contributed by atoms with Crippen LogP contribution in [0.5, 0.6) is 0 Å². The van der Waals surface area contributed by atoms with Crippen LogP contribution in [-0.4, -0.2) is 60.4 Å². The molecule has 3 heterocycles. The van der Waals surface area contributed by atoms with Crippen molar-refractivity contribution >= 4 is 36.3 Å². The van der Waals surface area contributed by atoms with Gasteiger partial charge in [0.25, 0.3) is 12.0 Å². The number of alkyl halides is 2. The predicted octanol–water partition coefficient (Wildman–Crippen LogP) is 2.97. The third-order valence-electron chi connectivity index (χ3n) is 6.94. The molecule has 1 saturated heterocycles. The number of anilines is 1. The Morgan fingerprint density at radius 3 is 2.45 bits per heavy atom. The highest BCUT2D eigenvalue weighted by Gasteiger charge is 2.39. The van der Waals surface area contributed by atoms with E-state index in [0.29, 0.717) is 60.3 Å². The van der Waals surface area contributed by atoms with E-state index < -0.39 is 23.4 Å². The number of hydrogen-bond donors (Lipinski definition) is 1. The van der Waals surface area contributed by atoms with Crippen LogP contribution in [0.3, 0.4) is 0 Å². The van der Waals surface area contributed by atoms with Gasteiger partial charge in [0.1, 0.15) is 22.9 Å². The Morgan fingerprint density at radius 1 is 1.26 bits per heavy atom. The molecule has 3 aromatic rings. The van der Waals surface area contributed by atoms with E-state index in [4.69, 9.17) is 12.6 Å². The van der Waals surface area contributed by atoms with Crippen LogP contribution in [0, 0.1) is 5.82 Å². The molecular weight excluding hydrogens is 498 g/mol. The standard InChI is InChI=1S/C17H22BN5O3.C9H9F3/c1-10(24)23-7-5-17(26-4,6-8-23)12-9-11-13(19-2)20-16(18)21-14(11)22(3)15(12)25;1-2-6-4-3-5-7(8(6)10)9(11)12/h9H,5-8H2,1-4H3,(H,19,20,21);3-5,9H,2H2,1H3. The van der Waals surface area contributed by atoms with Gasteiger partial charge in [0.15, 0.2) is 7.85 Å². The number of carbonyl (C=O) groups is 1. The minimum absolute atomic E-state index is 0.0301. The highest BCUT2D eigenvalue weighted by Crippen LogP contribution is 2.36. The normalized spacial score (nSPS) is 14.8. The van der Waals surface area contributed by atoms with Crippen molar-refractivity contribution in [1.29, 1.82) is 0 Å². The second-order valence-corrected chi connectivity index (χ2v) is 9.02. The average Bonchev–Trinajstić information content (AvgIpc) is 2.90. The number of rotatable bonds is 5. The molecule has 0 saturated carbocycles. The molecule has 1 amide bonds. The van der Waals surface area contributed by atoms with Gasteiger partial charge >= 0.3 is 0 Å². The molecule has 1 aromatic carbocycles. The summed E-state index contributed by atoms with van der Waals surface area (Å²) in [5.41, 5.74) is 0.00586. The van der Waals surface area contributed by atoms with Crippen molar-refractivity contribution in [3.05, 3.63) is 57.1 Å². The lowest BCUT2D eigenvalue weighted by atomic mass is 9.84. The first kappa shape index (κ1) is 29.2. The number of ether oxygens (including phenoxy) is 1. The van der Waals surface area contributed by atoms with Gasteiger partial charge < -0.3 is 15.0 Å². The molecule has 1 N–H and O–H groups in total. The number of fused-ring (bicyclic) bond motifs is 1. The van der Waals surface area contributed by atoms with Crippen LogP contribution < -0.4 is 16.6 Å². The van der Waals surface area contributed by atoms with Gasteiger partial charge in [-0.15, -0.1) is 0 Å². The number of benzene rings is 1. The van der Waals surface area contributed by atoms with E-state index >= 15 is 0 Å². The molecule has 1 fully saturated rings. The quantitative estimate of drug-likeness (QED) is 0.512. The summed E-state index contributed by atoms with van der Waals surface area (Å²) in [6, 6.07) is 5.86. The number of nitrogens with one attached hydrogen (secondary N) is 1. The largest absolute Gasteiger partial charge is 0.373 e. The summed E-state index contributed by atoms with van der Waals surface area (Å²) < 4.78 is 44.6. The number of hydrogen-bond acceptors (Lipinski definition) is 6. The van der Waals surface area contributed by atoms with Gasteiger partial charge in [-0.05, 0) is 30.9 Å². The fourth-order valence-electron chi connectivity index (χ4n) is 4.67. The van der Waals surface area contributed by atoms with Crippen molar-refractivity contribution in [2.24, 2.45) is 7.05 Å². The van der Waals surface area contributed by atoms with Crippen molar-refractivity contribution in [3.8, 4) is 0 Å². The van der Waals surface area contributed by atoms with Crippen LogP contribution in [-0.2, 0) is 28.6 Å². The molecule has 2 aromatic heterocycles. The van der Waals surface area contributed by atoms with Crippen molar-refractivity contribution < 1.29 is 22.7 Å². The molecule has 202 valence electrons. The van der Waals surface area contributed by atoms with E-state index in [9.17, 15) is 22.8 Å². The number of methoxy groups -OCH3 is 1. The summed E-state index contributed by atoms with van der Waals surface area (Å²) in [5.74, 6) is -0.186. The summed E-state index contributed by atoms with van der Waals surface area (Å²) in [4.78, 5) is 34.9. The first-order valence-electron chi connectivity index (χ1n) is 12.2. The zero-order valence-corrected chi connectivity index (χ0v) is 22.1. The molecule has 38 heavy (non-hydrogen) atoms. The number of amides is 1. The molecule has 0 aliphatic carbocycles. The molecule has 12 heteroatoms. The van der Waals surface area contributed by atoms with Crippen molar-refractivity contribution in [2.75, 3.05) is 32.6 Å². The highest BCUT2D eigenvalue weighted by molar-refractivity contribution is 6.29. The number of aromatic nitrogens is 3. The maximum atomic E-state index is 13.1. The maximum Gasteiger partial charge on any atom is 0.266 e. The lowest BCUT2D eigenvalue weighted by Gasteiger charge is -2.40. The van der Waals surface area contributed by atoms with Crippen LogP contribution in [0.25, 0.3) is 11.0 Å². The van der Waals surface area contributed by atoms with Crippen LogP contribution >= 0.6 is 0 Å². The molecule has 0 bridgehead atoms. The number of aryl methyl sites for hydroxylation is 2. The minimum atomic E-state index is -2.73. The summed E-state index contributed by atoms with van der Waals surface area (Å²) in [5, 5.41) is 3.70. The predicted molar refractivity (Wildman–Crippen MR) is 141 cm³/mol. The maximum absolute atomic E-state index is 13.1. The fourth-order valence-corrected chi connectivity index (χ4v) is 4.67. The zero-order valence-electron chi connectivity index (χ0n) is 22.1. The van der Waals surface area contributed by atoms with E-state index in [2.05, 4.69) is 15.3 Å². The Hall–Kier alpha value is -3.41. The fraction of sp³-hybridized carbons (Fsp3) is 0.462. The summed E-state index contributed by atoms with van der Waals surface area (Å²) in [7, 11) is 10.8. The van der Waals surface area contributed by atoms with E-state index in [1.807, 2.05) is 0 Å². The van der Waals surface area contributed by atoms with Crippen LogP contribution in [0.1, 0.15) is 49.8 Å². The third-order valence-corrected chi connectivity index (χ3v) is 6.94. The third kappa shape index (κ3) is 5.69. The molecule has 8 nitrogen and oxygen atoms in total. The Bertz CT molecular complexity index is 1370. The Morgan fingerprint density at radius 2 is 1.92 bits per heavy atom. The smallest absolute Gasteiger partial charge is 0.266 e. The van der Waals surface area contributed by atoms with Gasteiger partial charge in [0, 0.05) is 41.2 Å². The van der Waals surface area contributed by atoms with Gasteiger partial charge in [0.2, 0.25) is 5.91 Å². The number of halogens is 3. The van der Waals surface area contributed by atoms with Crippen molar-refractivity contribution in [1.82, 2.24) is 19.4 Å². The van der Waals surface area contributed by atoms with Gasteiger partial charge in [-0.25, -0.2) is 23.1 Å². The van der Waals surface area contributed by atoms with E-state index in [1.165, 1.54) is 16.7 Å². The highest BCUT2D eigenvalue weighted by atomic mass is 19.3. The Kier molecular flexibility index (Phi) is 9.19. The van der Waals surface area contributed by atoms with E-state index in [1.54, 1.807) is 46.0 Å². The van der Waals surface area contributed by atoms with Crippen LogP contribution in [0.2, 0.25) is 0 Å². The second-order valence-electron chi connectivity index (χ2n) is 9.02. The van der Waals surface area contributed by atoms with Crippen LogP contribution in [0.15, 0.2) is 29.1 Å². The molecule has 1 aliphatic heterocycles.